The van der Waals surface area contributed by atoms with Crippen LogP contribution in [-0.2, 0) is 4.74 Å². The van der Waals surface area contributed by atoms with Crippen molar-refractivity contribution in [3.63, 3.8) is 0 Å². The second-order valence-electron chi connectivity index (χ2n) is 6.57. The Morgan fingerprint density at radius 2 is 1.93 bits per heavy atom. The number of rotatable bonds is 1. The lowest BCUT2D eigenvalue weighted by atomic mass is 10.0. The molecular weight excluding hydrogens is 362 g/mol. The summed E-state index contributed by atoms with van der Waals surface area (Å²) in [6.45, 7) is 9.40. The highest BCUT2D eigenvalue weighted by Crippen LogP contribution is 2.33. The van der Waals surface area contributed by atoms with Crippen molar-refractivity contribution in [3.05, 3.63) is 53.3 Å². The van der Waals surface area contributed by atoms with E-state index in [1.165, 1.54) is 4.57 Å². The quantitative estimate of drug-likeness (QED) is 0.513. The fourth-order valence-electron chi connectivity index (χ4n) is 2.56. The minimum Gasteiger partial charge on any atom is -0.443 e. The number of carbonyl (C=O) groups excluding carboxylic acids is 1. The van der Waals surface area contributed by atoms with E-state index in [2.05, 4.69) is 11.1 Å². The number of hydrogen-bond acceptors (Lipinski definition) is 4. The maximum Gasteiger partial charge on any atom is 0.420 e. The van der Waals surface area contributed by atoms with Gasteiger partial charge in [0.25, 0.3) is 0 Å². The lowest BCUT2D eigenvalue weighted by molar-refractivity contribution is 0.0544. The highest BCUT2D eigenvalue weighted by atomic mass is 35.5. The van der Waals surface area contributed by atoms with Crippen molar-refractivity contribution in [2.24, 2.45) is 0 Å². The topological polar surface area (TPSA) is 67.9 Å². The van der Waals surface area contributed by atoms with Gasteiger partial charge in [-0.2, -0.15) is 5.26 Å². The molecule has 5 nitrogen and oxygen atoms in total. The molecule has 3 rings (SSSR count). The first kappa shape index (κ1) is 20.5. The van der Waals surface area contributed by atoms with Crippen LogP contribution in [0.1, 0.15) is 40.2 Å². The first-order chi connectivity index (χ1) is 12.8. The van der Waals surface area contributed by atoms with Gasteiger partial charge in [0.2, 0.25) is 0 Å². The molecule has 0 bridgehead atoms. The van der Waals surface area contributed by atoms with E-state index in [-0.39, 0.29) is 0 Å². The van der Waals surface area contributed by atoms with Crippen LogP contribution >= 0.6 is 11.6 Å². The number of nitriles is 1. The van der Waals surface area contributed by atoms with Gasteiger partial charge in [-0.1, -0.05) is 25.4 Å². The molecule has 27 heavy (non-hydrogen) atoms. The molecule has 0 atom stereocenters. The largest absolute Gasteiger partial charge is 0.443 e. The molecule has 0 aliphatic carbocycles. The van der Waals surface area contributed by atoms with Crippen LogP contribution in [0.2, 0.25) is 5.02 Å². The number of aromatic nitrogens is 2. The van der Waals surface area contributed by atoms with Crippen molar-refractivity contribution in [1.82, 2.24) is 9.55 Å². The Morgan fingerprint density at radius 1 is 1.22 bits per heavy atom. The van der Waals surface area contributed by atoms with Gasteiger partial charge in [0.1, 0.15) is 11.2 Å². The van der Waals surface area contributed by atoms with E-state index >= 15 is 0 Å². The summed E-state index contributed by atoms with van der Waals surface area (Å²) in [6.07, 6.45) is 2.72. The van der Waals surface area contributed by atoms with E-state index in [0.29, 0.717) is 27.4 Å². The molecule has 0 fully saturated rings. The molecule has 1 aromatic carbocycles. The van der Waals surface area contributed by atoms with Crippen LogP contribution in [0.3, 0.4) is 0 Å². The zero-order valence-electron chi connectivity index (χ0n) is 16.1. The molecule has 3 aromatic rings. The molecule has 0 N–H and O–H groups in total. The third kappa shape index (κ3) is 4.47. The molecule has 0 aliphatic rings. The van der Waals surface area contributed by atoms with Crippen LogP contribution in [0, 0.1) is 11.3 Å². The van der Waals surface area contributed by atoms with E-state index in [1.807, 2.05) is 19.9 Å². The fourth-order valence-corrected chi connectivity index (χ4v) is 2.73. The maximum absolute atomic E-state index is 12.6. The normalized spacial score (nSPS) is 10.7. The summed E-state index contributed by atoms with van der Waals surface area (Å²) >= 11 is 6.11. The van der Waals surface area contributed by atoms with Gasteiger partial charge in [-0.3, -0.25) is 0 Å². The lowest BCUT2D eigenvalue weighted by Crippen LogP contribution is -2.26. The van der Waals surface area contributed by atoms with Crippen LogP contribution in [0.15, 0.2) is 42.7 Å². The summed E-state index contributed by atoms with van der Waals surface area (Å²) in [4.78, 5) is 16.9. The number of hydrogen-bond donors (Lipinski definition) is 0. The molecule has 0 aliphatic heterocycles. The van der Waals surface area contributed by atoms with Crippen LogP contribution in [0.25, 0.3) is 22.2 Å². The standard InChI is InChI=1S/C19H16ClN3O2.C2H6/c1-19(2,3)25-18(24)23-11-16(14-5-4-8-22-17(14)23)15-9-13(20)7-6-12(15)10-21;1-2/h4-9,11H,1-3H3;1-2H3. The summed E-state index contributed by atoms with van der Waals surface area (Å²) in [5.74, 6) is 0. The first-order valence-corrected chi connectivity index (χ1v) is 9.07. The number of carbonyl (C=O) groups is 1. The first-order valence-electron chi connectivity index (χ1n) is 8.69. The predicted molar refractivity (Wildman–Crippen MR) is 108 cm³/mol. The van der Waals surface area contributed by atoms with Crippen molar-refractivity contribution in [1.29, 1.82) is 5.26 Å². The number of benzene rings is 1. The SMILES string of the molecule is CC.CC(C)(C)OC(=O)n1cc(-c2cc(Cl)ccc2C#N)c2cccnc21. The van der Waals surface area contributed by atoms with Gasteiger partial charge >= 0.3 is 6.09 Å². The van der Waals surface area contributed by atoms with Gasteiger partial charge < -0.3 is 4.74 Å². The molecule has 0 saturated heterocycles. The summed E-state index contributed by atoms with van der Waals surface area (Å²) in [7, 11) is 0. The van der Waals surface area contributed by atoms with Crippen molar-refractivity contribution in [2.75, 3.05) is 0 Å². The summed E-state index contributed by atoms with van der Waals surface area (Å²) in [6, 6.07) is 10.8. The molecule has 0 radical (unpaired) electrons. The smallest absolute Gasteiger partial charge is 0.420 e. The van der Waals surface area contributed by atoms with Crippen LogP contribution in [0.5, 0.6) is 0 Å². The molecule has 0 unspecified atom stereocenters. The van der Waals surface area contributed by atoms with Crippen LogP contribution < -0.4 is 0 Å². The number of nitrogens with zero attached hydrogens (tertiary/aromatic N) is 3. The van der Waals surface area contributed by atoms with Crippen molar-refractivity contribution >= 4 is 28.7 Å². The number of pyridine rings is 1. The number of fused-ring (bicyclic) bond motifs is 1. The third-order valence-electron chi connectivity index (χ3n) is 3.55. The molecule has 2 aromatic heterocycles. The lowest BCUT2D eigenvalue weighted by Gasteiger charge is -2.19. The minimum atomic E-state index is -0.628. The van der Waals surface area contributed by atoms with E-state index in [0.717, 1.165) is 5.39 Å². The van der Waals surface area contributed by atoms with Gasteiger partial charge in [-0.25, -0.2) is 14.3 Å². The summed E-state index contributed by atoms with van der Waals surface area (Å²) in [5, 5.41) is 10.7. The Balaban J connectivity index is 0.00000126. The highest BCUT2D eigenvalue weighted by molar-refractivity contribution is 6.31. The average molecular weight is 384 g/mol. The monoisotopic (exact) mass is 383 g/mol. The molecular formula is C21H22ClN3O2. The van der Waals surface area contributed by atoms with Gasteiger partial charge in [0.15, 0.2) is 0 Å². The fraction of sp³-hybridized carbons (Fsp3) is 0.286. The summed E-state index contributed by atoms with van der Waals surface area (Å²) < 4.78 is 6.81. The summed E-state index contributed by atoms with van der Waals surface area (Å²) in [5.41, 5.74) is 1.66. The molecule has 2 heterocycles. The zero-order chi connectivity index (χ0) is 20.2. The number of halogens is 1. The maximum atomic E-state index is 12.6. The van der Waals surface area contributed by atoms with Crippen molar-refractivity contribution in [2.45, 2.75) is 40.2 Å². The van der Waals surface area contributed by atoms with E-state index in [1.54, 1.807) is 57.4 Å². The van der Waals surface area contributed by atoms with Crippen LogP contribution in [-0.4, -0.2) is 21.2 Å². The average Bonchev–Trinajstić information content (AvgIpc) is 3.02. The molecule has 6 heteroatoms. The molecule has 0 amide bonds. The Labute approximate surface area is 164 Å². The molecule has 140 valence electrons. The van der Waals surface area contributed by atoms with Crippen molar-refractivity contribution < 1.29 is 9.53 Å². The van der Waals surface area contributed by atoms with Gasteiger partial charge in [-0.15, -0.1) is 0 Å². The Bertz CT molecular complexity index is 1010. The Morgan fingerprint density at radius 3 is 2.56 bits per heavy atom. The third-order valence-corrected chi connectivity index (χ3v) is 3.78. The predicted octanol–water partition coefficient (Wildman–Crippen LogP) is 6.04. The Hall–Kier alpha value is -2.84. The molecule has 0 spiro atoms. The Kier molecular flexibility index (Phi) is 6.24. The van der Waals surface area contributed by atoms with Crippen molar-refractivity contribution in [3.8, 4) is 17.2 Å². The van der Waals surface area contributed by atoms with E-state index in [9.17, 15) is 10.1 Å². The van der Waals surface area contributed by atoms with Gasteiger partial charge in [-0.05, 0) is 51.1 Å². The van der Waals surface area contributed by atoms with Crippen LogP contribution in [0.4, 0.5) is 4.79 Å². The van der Waals surface area contributed by atoms with E-state index < -0.39 is 11.7 Å². The highest BCUT2D eigenvalue weighted by Gasteiger charge is 2.22. The second-order valence-corrected chi connectivity index (χ2v) is 7.01. The number of ether oxygens (including phenoxy) is 1. The van der Waals surface area contributed by atoms with E-state index in [4.69, 9.17) is 16.3 Å². The minimum absolute atomic E-state index is 0.468. The van der Waals surface area contributed by atoms with Gasteiger partial charge in [0.05, 0.1) is 11.6 Å². The molecule has 0 saturated carbocycles. The second kappa shape index (κ2) is 8.24. The zero-order valence-corrected chi connectivity index (χ0v) is 16.8. The van der Waals surface area contributed by atoms with Gasteiger partial charge in [0, 0.05) is 33.9 Å².